The summed E-state index contributed by atoms with van der Waals surface area (Å²) in [5.41, 5.74) is 0. The highest BCUT2D eigenvalue weighted by Crippen LogP contribution is 2.13. The van der Waals surface area contributed by atoms with Gasteiger partial charge in [0.25, 0.3) is 0 Å². The standard InChI is InChI=1S/C20H31N7O/c1-4-21-20(23-11-7-9-18-24-19(16(2)3)25-28-18)27-14-12-26(13-15-27)17-8-5-6-10-22-17/h5-6,8,10,16H,4,7,9,11-15H2,1-3H3,(H,21,23). The molecule has 1 saturated heterocycles. The lowest BCUT2D eigenvalue weighted by Crippen LogP contribution is -2.52. The van der Waals surface area contributed by atoms with Crippen molar-refractivity contribution in [3.63, 3.8) is 0 Å². The number of pyridine rings is 1. The molecule has 8 heteroatoms. The molecule has 2 aromatic heterocycles. The number of aromatic nitrogens is 3. The molecule has 0 saturated carbocycles. The number of guanidine groups is 1. The summed E-state index contributed by atoms with van der Waals surface area (Å²) < 4.78 is 5.30. The third-order valence-corrected chi connectivity index (χ3v) is 4.70. The van der Waals surface area contributed by atoms with Crippen LogP contribution in [0.1, 0.15) is 44.8 Å². The normalized spacial score (nSPS) is 15.4. The van der Waals surface area contributed by atoms with Crippen LogP contribution in [0.3, 0.4) is 0 Å². The Kier molecular flexibility index (Phi) is 7.22. The molecule has 1 fully saturated rings. The summed E-state index contributed by atoms with van der Waals surface area (Å²) in [6.45, 7) is 11.6. The molecule has 0 amide bonds. The van der Waals surface area contributed by atoms with E-state index < -0.39 is 0 Å². The van der Waals surface area contributed by atoms with Crippen LogP contribution >= 0.6 is 0 Å². The number of nitrogens with one attached hydrogen (secondary N) is 1. The van der Waals surface area contributed by atoms with Crippen LogP contribution in [0.15, 0.2) is 33.9 Å². The second-order valence-electron chi connectivity index (χ2n) is 7.20. The molecule has 0 aromatic carbocycles. The van der Waals surface area contributed by atoms with Crippen molar-refractivity contribution in [3.8, 4) is 0 Å². The molecular formula is C20H31N7O. The Balaban J connectivity index is 1.48. The number of hydrogen-bond acceptors (Lipinski definition) is 6. The average molecular weight is 386 g/mol. The van der Waals surface area contributed by atoms with Gasteiger partial charge in [0.15, 0.2) is 11.8 Å². The minimum absolute atomic E-state index is 0.292. The number of piperazine rings is 1. The van der Waals surface area contributed by atoms with Gasteiger partial charge in [-0.2, -0.15) is 4.98 Å². The Morgan fingerprint density at radius 3 is 2.71 bits per heavy atom. The lowest BCUT2D eigenvalue weighted by Gasteiger charge is -2.37. The van der Waals surface area contributed by atoms with E-state index in [1.165, 1.54) is 0 Å². The molecule has 1 aliphatic rings. The number of nitrogens with zero attached hydrogens (tertiary/aromatic N) is 6. The molecule has 0 spiro atoms. The zero-order valence-corrected chi connectivity index (χ0v) is 17.1. The summed E-state index contributed by atoms with van der Waals surface area (Å²) >= 11 is 0. The van der Waals surface area contributed by atoms with Gasteiger partial charge in [0.2, 0.25) is 5.89 Å². The van der Waals surface area contributed by atoms with Crippen LogP contribution in [0.4, 0.5) is 5.82 Å². The monoisotopic (exact) mass is 385 g/mol. The Hall–Kier alpha value is -2.64. The quantitative estimate of drug-likeness (QED) is 0.445. The molecule has 0 unspecified atom stereocenters. The van der Waals surface area contributed by atoms with Gasteiger partial charge in [-0.25, -0.2) is 4.98 Å². The first-order valence-corrected chi connectivity index (χ1v) is 10.2. The first-order valence-electron chi connectivity index (χ1n) is 10.2. The van der Waals surface area contributed by atoms with Crippen LogP contribution in [-0.4, -0.2) is 65.3 Å². The lowest BCUT2D eigenvalue weighted by molar-refractivity contribution is 0.366. The van der Waals surface area contributed by atoms with Gasteiger partial charge >= 0.3 is 0 Å². The Morgan fingerprint density at radius 2 is 2.07 bits per heavy atom. The third-order valence-electron chi connectivity index (χ3n) is 4.70. The van der Waals surface area contributed by atoms with Gasteiger partial charge in [0.05, 0.1) is 0 Å². The molecule has 0 atom stereocenters. The molecule has 2 aromatic rings. The maximum absolute atomic E-state index is 5.30. The predicted molar refractivity (Wildman–Crippen MR) is 111 cm³/mol. The Bertz CT molecular complexity index is 736. The van der Waals surface area contributed by atoms with Crippen LogP contribution in [0.25, 0.3) is 0 Å². The van der Waals surface area contributed by atoms with Crippen molar-refractivity contribution in [2.24, 2.45) is 4.99 Å². The van der Waals surface area contributed by atoms with E-state index in [1.54, 1.807) is 0 Å². The summed E-state index contributed by atoms with van der Waals surface area (Å²) in [6.07, 6.45) is 3.50. The summed E-state index contributed by atoms with van der Waals surface area (Å²) in [5.74, 6) is 3.80. The largest absolute Gasteiger partial charge is 0.357 e. The molecular weight excluding hydrogens is 354 g/mol. The highest BCUT2D eigenvalue weighted by Gasteiger charge is 2.20. The smallest absolute Gasteiger partial charge is 0.226 e. The molecule has 1 aliphatic heterocycles. The van der Waals surface area contributed by atoms with Crippen LogP contribution in [0.2, 0.25) is 0 Å². The first kappa shape index (κ1) is 20.1. The summed E-state index contributed by atoms with van der Waals surface area (Å²) in [5, 5.41) is 7.43. The number of aryl methyl sites for hydroxylation is 1. The van der Waals surface area contributed by atoms with Crippen molar-refractivity contribution in [1.82, 2.24) is 25.3 Å². The van der Waals surface area contributed by atoms with E-state index in [-0.39, 0.29) is 0 Å². The number of anilines is 1. The summed E-state index contributed by atoms with van der Waals surface area (Å²) in [4.78, 5) is 18.3. The number of hydrogen-bond donors (Lipinski definition) is 1. The van der Waals surface area contributed by atoms with Crippen molar-refractivity contribution in [2.75, 3.05) is 44.2 Å². The van der Waals surface area contributed by atoms with Crippen LogP contribution < -0.4 is 10.2 Å². The minimum Gasteiger partial charge on any atom is -0.357 e. The third kappa shape index (κ3) is 5.43. The summed E-state index contributed by atoms with van der Waals surface area (Å²) in [6, 6.07) is 6.05. The van der Waals surface area contributed by atoms with Crippen LogP contribution in [-0.2, 0) is 6.42 Å². The Morgan fingerprint density at radius 1 is 1.25 bits per heavy atom. The van der Waals surface area contributed by atoms with E-state index in [1.807, 2.05) is 18.3 Å². The fraction of sp³-hybridized carbons (Fsp3) is 0.600. The molecule has 1 N–H and O–H groups in total. The molecule has 3 heterocycles. The van der Waals surface area contributed by atoms with E-state index >= 15 is 0 Å². The molecule has 0 aliphatic carbocycles. The van der Waals surface area contributed by atoms with Gasteiger partial charge in [-0.05, 0) is 25.5 Å². The van der Waals surface area contributed by atoms with E-state index in [9.17, 15) is 0 Å². The fourth-order valence-corrected chi connectivity index (χ4v) is 3.13. The van der Waals surface area contributed by atoms with Crippen molar-refractivity contribution >= 4 is 11.8 Å². The van der Waals surface area contributed by atoms with Crippen molar-refractivity contribution < 1.29 is 4.52 Å². The second kappa shape index (κ2) is 10.1. The van der Waals surface area contributed by atoms with E-state index in [0.29, 0.717) is 11.8 Å². The number of rotatable bonds is 7. The van der Waals surface area contributed by atoms with E-state index in [0.717, 1.165) is 69.7 Å². The van der Waals surface area contributed by atoms with Gasteiger partial charge in [0, 0.05) is 57.8 Å². The lowest BCUT2D eigenvalue weighted by atomic mass is 10.2. The highest BCUT2D eigenvalue weighted by atomic mass is 16.5. The topological polar surface area (TPSA) is 82.7 Å². The molecule has 152 valence electrons. The minimum atomic E-state index is 0.292. The second-order valence-corrected chi connectivity index (χ2v) is 7.20. The van der Waals surface area contributed by atoms with Crippen molar-refractivity contribution in [1.29, 1.82) is 0 Å². The zero-order chi connectivity index (χ0) is 19.8. The predicted octanol–water partition coefficient (Wildman–Crippen LogP) is 2.31. The van der Waals surface area contributed by atoms with Gasteiger partial charge in [0.1, 0.15) is 5.82 Å². The fourth-order valence-electron chi connectivity index (χ4n) is 3.13. The molecule has 8 nitrogen and oxygen atoms in total. The Labute approximate surface area is 167 Å². The maximum Gasteiger partial charge on any atom is 0.226 e. The van der Waals surface area contributed by atoms with Gasteiger partial charge < -0.3 is 19.6 Å². The molecule has 0 radical (unpaired) electrons. The van der Waals surface area contributed by atoms with E-state index in [2.05, 4.69) is 57.1 Å². The highest BCUT2D eigenvalue weighted by molar-refractivity contribution is 5.80. The van der Waals surface area contributed by atoms with Crippen molar-refractivity contribution in [2.45, 2.75) is 39.5 Å². The van der Waals surface area contributed by atoms with Crippen LogP contribution in [0, 0.1) is 0 Å². The molecule has 28 heavy (non-hydrogen) atoms. The zero-order valence-electron chi connectivity index (χ0n) is 17.1. The summed E-state index contributed by atoms with van der Waals surface area (Å²) in [7, 11) is 0. The van der Waals surface area contributed by atoms with E-state index in [4.69, 9.17) is 9.52 Å². The first-order chi connectivity index (χ1) is 13.7. The number of aliphatic imine (C=N–C) groups is 1. The maximum atomic E-state index is 5.30. The average Bonchev–Trinajstić information content (AvgIpc) is 3.20. The van der Waals surface area contributed by atoms with Gasteiger partial charge in [-0.3, -0.25) is 4.99 Å². The molecule has 3 rings (SSSR count). The van der Waals surface area contributed by atoms with Crippen LogP contribution in [0.5, 0.6) is 0 Å². The molecule has 0 bridgehead atoms. The van der Waals surface area contributed by atoms with Crippen molar-refractivity contribution in [3.05, 3.63) is 36.1 Å². The SMILES string of the molecule is CCNC(=NCCCc1nc(C(C)C)no1)N1CCN(c2ccccn2)CC1. The van der Waals surface area contributed by atoms with Gasteiger partial charge in [-0.1, -0.05) is 25.1 Å². The van der Waals surface area contributed by atoms with Gasteiger partial charge in [-0.15, -0.1) is 0 Å².